The van der Waals surface area contributed by atoms with E-state index >= 15 is 0 Å². The van der Waals surface area contributed by atoms with Crippen molar-refractivity contribution in [3.05, 3.63) is 94.0 Å². The van der Waals surface area contributed by atoms with Crippen LogP contribution in [0.2, 0.25) is 0 Å². The van der Waals surface area contributed by atoms with Crippen molar-refractivity contribution in [2.75, 3.05) is 0 Å². The van der Waals surface area contributed by atoms with Crippen LogP contribution in [0.4, 0.5) is 0 Å². The summed E-state index contributed by atoms with van der Waals surface area (Å²) in [5, 5.41) is 13.3. The molecule has 28 heavy (non-hydrogen) atoms. The van der Waals surface area contributed by atoms with Gasteiger partial charge in [0.25, 0.3) is 0 Å². The largest absolute Gasteiger partial charge is 0.478 e. The Balaban J connectivity index is 0.00000109. The van der Waals surface area contributed by atoms with Gasteiger partial charge < -0.3 is 5.11 Å². The normalized spacial score (nSPS) is 10.4. The first-order valence-corrected chi connectivity index (χ1v) is 9.83. The summed E-state index contributed by atoms with van der Waals surface area (Å²) >= 11 is 3.27. The van der Waals surface area contributed by atoms with E-state index in [0.717, 1.165) is 21.5 Å². The van der Waals surface area contributed by atoms with Crippen molar-refractivity contribution >= 4 is 49.2 Å². The molecule has 0 saturated heterocycles. The number of halogens is 1. The number of carboxylic acid groups (broad SMARTS) is 1. The minimum absolute atomic E-state index is 0.0124. The Labute approximate surface area is 171 Å². The van der Waals surface area contributed by atoms with Gasteiger partial charge in [-0.05, 0) is 45.8 Å². The van der Waals surface area contributed by atoms with Gasteiger partial charge in [-0.15, -0.1) is 0 Å². The number of carbonyl (C=O) groups excluding carboxylic acids is 1. The Hall–Kier alpha value is -2.98. The highest BCUT2D eigenvalue weighted by Crippen LogP contribution is 2.31. The molecule has 0 radical (unpaired) electrons. The average molecular weight is 435 g/mol. The van der Waals surface area contributed by atoms with E-state index in [1.54, 1.807) is 12.1 Å². The quantitative estimate of drug-likeness (QED) is 0.287. The molecule has 3 nitrogen and oxygen atoms in total. The summed E-state index contributed by atoms with van der Waals surface area (Å²) in [6.45, 7) is 4.00. The van der Waals surface area contributed by atoms with Gasteiger partial charge in [0, 0.05) is 15.6 Å². The molecule has 0 heterocycles. The van der Waals surface area contributed by atoms with Gasteiger partial charge >= 0.3 is 5.97 Å². The number of aromatic carboxylic acids is 1. The molecule has 0 spiro atoms. The summed E-state index contributed by atoms with van der Waals surface area (Å²) in [5.74, 6) is -1.42. The Morgan fingerprint density at radius 1 is 0.714 bits per heavy atom. The highest BCUT2D eigenvalue weighted by molar-refractivity contribution is 9.10. The van der Waals surface area contributed by atoms with Crippen LogP contribution in [0.5, 0.6) is 0 Å². The second kappa shape index (κ2) is 8.36. The van der Waals surface area contributed by atoms with Gasteiger partial charge in [0.05, 0.1) is 5.56 Å². The molecule has 0 bridgehead atoms. The number of carboxylic acids is 1. The Bertz CT molecular complexity index is 1200. The number of hydrogen-bond acceptors (Lipinski definition) is 2. The van der Waals surface area contributed by atoms with Crippen molar-refractivity contribution in [3.63, 3.8) is 0 Å². The second-order valence-corrected chi connectivity index (χ2v) is 6.93. The van der Waals surface area contributed by atoms with Crippen molar-refractivity contribution in [2.45, 2.75) is 13.8 Å². The van der Waals surface area contributed by atoms with Crippen LogP contribution in [0.25, 0.3) is 21.5 Å². The maximum atomic E-state index is 13.3. The van der Waals surface area contributed by atoms with Gasteiger partial charge in [-0.1, -0.05) is 78.3 Å². The van der Waals surface area contributed by atoms with Crippen LogP contribution in [0.3, 0.4) is 0 Å². The van der Waals surface area contributed by atoms with Crippen LogP contribution >= 0.6 is 15.9 Å². The van der Waals surface area contributed by atoms with Gasteiger partial charge in [0.1, 0.15) is 0 Å². The van der Waals surface area contributed by atoms with E-state index in [-0.39, 0.29) is 16.9 Å². The number of fused-ring (bicyclic) bond motifs is 3. The van der Waals surface area contributed by atoms with Crippen LogP contribution in [0.15, 0.2) is 77.3 Å². The van der Waals surface area contributed by atoms with E-state index in [2.05, 4.69) is 15.9 Å². The molecule has 0 aliphatic carbocycles. The van der Waals surface area contributed by atoms with Crippen LogP contribution in [0, 0.1) is 0 Å². The zero-order valence-corrected chi connectivity index (χ0v) is 17.2. The first-order chi connectivity index (χ1) is 13.6. The van der Waals surface area contributed by atoms with E-state index in [4.69, 9.17) is 0 Å². The molecule has 4 heteroatoms. The van der Waals surface area contributed by atoms with Gasteiger partial charge in [-0.2, -0.15) is 0 Å². The summed E-state index contributed by atoms with van der Waals surface area (Å²) in [6, 6.07) is 22.1. The van der Waals surface area contributed by atoms with Gasteiger partial charge in [-0.3, -0.25) is 4.79 Å². The molecule has 0 amide bonds. The lowest BCUT2D eigenvalue weighted by Crippen LogP contribution is -2.10. The number of benzene rings is 4. The number of rotatable bonds is 3. The standard InChI is InChI=1S/C22H13BrO3.C2H6/c23-14-9-10-18(20(12-14)22(25)26)21(24)19-11-13-5-1-2-6-15(13)16-7-3-4-8-17(16)19;1-2/h1-12H,(H,25,26);1-2H3. The predicted molar refractivity (Wildman–Crippen MR) is 117 cm³/mol. The third-order valence-corrected chi connectivity index (χ3v) is 4.96. The molecule has 0 atom stereocenters. The summed E-state index contributed by atoms with van der Waals surface area (Å²) in [5.41, 5.74) is 0.673. The molecule has 0 aliphatic rings. The van der Waals surface area contributed by atoms with Gasteiger partial charge in [0.2, 0.25) is 0 Å². The van der Waals surface area contributed by atoms with E-state index in [1.165, 1.54) is 6.07 Å². The molecule has 0 fully saturated rings. The van der Waals surface area contributed by atoms with Crippen LogP contribution in [-0.4, -0.2) is 16.9 Å². The third kappa shape index (κ3) is 3.56. The Morgan fingerprint density at radius 2 is 1.32 bits per heavy atom. The van der Waals surface area contributed by atoms with Crippen molar-refractivity contribution in [2.24, 2.45) is 0 Å². The lowest BCUT2D eigenvalue weighted by molar-refractivity contribution is 0.0692. The molecular formula is C24H19BrO3. The fourth-order valence-corrected chi connectivity index (χ4v) is 3.64. The van der Waals surface area contributed by atoms with Crippen molar-refractivity contribution in [1.29, 1.82) is 0 Å². The minimum atomic E-state index is -1.13. The third-order valence-electron chi connectivity index (χ3n) is 4.47. The van der Waals surface area contributed by atoms with Crippen LogP contribution in [-0.2, 0) is 0 Å². The smallest absolute Gasteiger partial charge is 0.336 e. The Kier molecular flexibility index (Phi) is 5.90. The molecular weight excluding hydrogens is 416 g/mol. The number of hydrogen-bond donors (Lipinski definition) is 1. The molecule has 140 valence electrons. The molecule has 0 aliphatic heterocycles. The summed E-state index contributed by atoms with van der Waals surface area (Å²) in [4.78, 5) is 24.9. The molecule has 0 aromatic heterocycles. The Morgan fingerprint density at radius 3 is 2.00 bits per heavy atom. The summed E-state index contributed by atoms with van der Waals surface area (Å²) in [6.07, 6.45) is 0. The van der Waals surface area contributed by atoms with E-state index in [1.807, 2.05) is 68.4 Å². The van der Waals surface area contributed by atoms with Crippen LogP contribution < -0.4 is 0 Å². The lowest BCUT2D eigenvalue weighted by atomic mass is 9.91. The minimum Gasteiger partial charge on any atom is -0.478 e. The first kappa shape index (κ1) is 19.8. The highest BCUT2D eigenvalue weighted by Gasteiger charge is 2.21. The molecule has 4 aromatic carbocycles. The van der Waals surface area contributed by atoms with E-state index in [9.17, 15) is 14.7 Å². The fourth-order valence-electron chi connectivity index (χ4n) is 3.28. The highest BCUT2D eigenvalue weighted by atomic mass is 79.9. The fraction of sp³-hybridized carbons (Fsp3) is 0.0833. The summed E-state index contributed by atoms with van der Waals surface area (Å²) in [7, 11) is 0. The van der Waals surface area contributed by atoms with Gasteiger partial charge in [-0.25, -0.2) is 4.79 Å². The SMILES string of the molecule is CC.O=C(O)c1cc(Br)ccc1C(=O)c1cc2ccccc2c2ccccc12. The molecule has 0 unspecified atom stereocenters. The number of ketones is 1. The molecule has 4 aromatic rings. The van der Waals surface area contributed by atoms with Crippen molar-refractivity contribution < 1.29 is 14.7 Å². The van der Waals surface area contributed by atoms with Crippen molar-refractivity contribution in [3.8, 4) is 0 Å². The predicted octanol–water partition coefficient (Wildman–Crippen LogP) is 6.71. The maximum absolute atomic E-state index is 13.3. The lowest BCUT2D eigenvalue weighted by Gasteiger charge is -2.11. The second-order valence-electron chi connectivity index (χ2n) is 6.02. The molecule has 0 saturated carbocycles. The van der Waals surface area contributed by atoms with Crippen LogP contribution in [0.1, 0.15) is 40.1 Å². The van der Waals surface area contributed by atoms with Gasteiger partial charge in [0.15, 0.2) is 5.78 Å². The average Bonchev–Trinajstić information content (AvgIpc) is 2.74. The molecule has 1 N–H and O–H groups in total. The molecule has 4 rings (SSSR count). The van der Waals surface area contributed by atoms with Crippen molar-refractivity contribution in [1.82, 2.24) is 0 Å². The monoisotopic (exact) mass is 434 g/mol. The zero-order chi connectivity index (χ0) is 20.3. The topological polar surface area (TPSA) is 54.4 Å². The first-order valence-electron chi connectivity index (χ1n) is 9.04. The number of carbonyl (C=O) groups is 2. The van der Waals surface area contributed by atoms with E-state index in [0.29, 0.717) is 10.0 Å². The summed E-state index contributed by atoms with van der Waals surface area (Å²) < 4.78 is 0.620. The van der Waals surface area contributed by atoms with E-state index < -0.39 is 5.97 Å². The zero-order valence-electron chi connectivity index (χ0n) is 15.6. The maximum Gasteiger partial charge on any atom is 0.336 e.